The molecule has 17 atom stereocenters. The summed E-state index contributed by atoms with van der Waals surface area (Å²) in [6, 6.07) is 30.2. The number of nitrogens with one attached hydrogen (secondary N) is 8. The highest BCUT2D eigenvalue weighted by atomic mass is 16.7. The van der Waals surface area contributed by atoms with Crippen LogP contribution in [0.3, 0.4) is 0 Å². The predicted molar refractivity (Wildman–Crippen MR) is 520 cm³/mol. The number of carboxylic acid groups (broad SMARTS) is 1. The molecule has 3 fully saturated rings. The second-order valence-electron chi connectivity index (χ2n) is 37.0. The number of pyridine rings is 1. The molecule has 0 radical (unpaired) electrons. The van der Waals surface area contributed by atoms with E-state index in [0.29, 0.717) is 106 Å². The third-order valence-electron chi connectivity index (χ3n) is 26.2. The number of likely N-dealkylation sites (N-methyl/N-ethyl adjacent to an activating group) is 2. The summed E-state index contributed by atoms with van der Waals surface area (Å²) >= 11 is 0. The molecule has 4 aromatic carbocycles. The van der Waals surface area contributed by atoms with Crippen LogP contribution in [0.4, 0.5) is 15.3 Å². The number of anilines is 1. The van der Waals surface area contributed by atoms with Gasteiger partial charge in [-0.3, -0.25) is 48.7 Å². The summed E-state index contributed by atoms with van der Waals surface area (Å²) in [6.07, 6.45) is -7.18. The molecule has 3 aliphatic heterocycles. The van der Waals surface area contributed by atoms with Gasteiger partial charge in [-0.2, -0.15) is 0 Å². The number of rotatable bonds is 55. The highest BCUT2D eigenvalue weighted by Gasteiger charge is 2.49. The van der Waals surface area contributed by atoms with Gasteiger partial charge in [-0.05, 0) is 141 Å². The van der Waals surface area contributed by atoms with Crippen molar-refractivity contribution in [2.75, 3.05) is 107 Å². The van der Waals surface area contributed by atoms with Gasteiger partial charge in [0.1, 0.15) is 67.1 Å². The number of unbranched alkanes of at least 4 members (excludes halogenated alkanes) is 1. The summed E-state index contributed by atoms with van der Waals surface area (Å²) in [5.41, 5.74) is 7.72. The Hall–Kier alpha value is -11.3. The van der Waals surface area contributed by atoms with Crippen molar-refractivity contribution in [2.24, 2.45) is 23.7 Å². The Bertz CT molecular complexity index is 4920. The first kappa shape index (κ1) is 112. The van der Waals surface area contributed by atoms with Gasteiger partial charge in [-0.15, -0.1) is 0 Å². The molecule has 0 aliphatic carbocycles. The van der Waals surface area contributed by atoms with Crippen LogP contribution in [0.2, 0.25) is 0 Å². The van der Waals surface area contributed by atoms with Gasteiger partial charge in [0, 0.05) is 123 Å². The minimum atomic E-state index is -1.91. The van der Waals surface area contributed by atoms with Crippen molar-refractivity contribution in [3.63, 3.8) is 0 Å². The van der Waals surface area contributed by atoms with Crippen molar-refractivity contribution in [3.8, 4) is 5.75 Å². The number of aromatic nitrogens is 2. The maximum atomic E-state index is 15.0. The summed E-state index contributed by atoms with van der Waals surface area (Å²) in [6.45, 7) is 18.4. The lowest BCUT2D eigenvalue weighted by molar-refractivity contribution is -0.271. The smallest absolute Gasteiger partial charge is 0.410 e. The highest BCUT2D eigenvalue weighted by molar-refractivity contribution is 5.99. The molecule has 0 unspecified atom stereocenters. The van der Waals surface area contributed by atoms with Gasteiger partial charge in [0.2, 0.25) is 53.5 Å². The van der Waals surface area contributed by atoms with Crippen molar-refractivity contribution in [1.29, 1.82) is 0 Å². The number of hydrogen-bond acceptors (Lipinski definition) is 27. The molecule has 10 amide bonds. The molecule has 5 heterocycles. The van der Waals surface area contributed by atoms with E-state index < -0.39 is 157 Å². The summed E-state index contributed by atoms with van der Waals surface area (Å²) in [5.74, 6) is -6.69. The van der Waals surface area contributed by atoms with E-state index in [0.717, 1.165) is 29.6 Å². The number of amides is 10. The number of carbonyl (C=O) groups is 11. The lowest BCUT2D eigenvalue weighted by Crippen LogP contribution is -2.61. The molecule has 3 saturated heterocycles. The maximum Gasteiger partial charge on any atom is 0.410 e. The first-order valence-electron chi connectivity index (χ1n) is 48.5. The van der Waals surface area contributed by atoms with E-state index >= 15 is 4.79 Å². The number of aliphatic hydroxyl groups is 4. The average Bonchev–Trinajstić information content (AvgIpc) is 1.58. The van der Waals surface area contributed by atoms with Crippen molar-refractivity contribution in [2.45, 2.75) is 256 Å². The Morgan fingerprint density at radius 2 is 1.30 bits per heavy atom. The fourth-order valence-corrected chi connectivity index (χ4v) is 17.9. The van der Waals surface area contributed by atoms with Gasteiger partial charge in [0.05, 0.1) is 81.7 Å². The van der Waals surface area contributed by atoms with E-state index in [4.69, 9.17) is 37.9 Å². The van der Waals surface area contributed by atoms with Crippen LogP contribution in [0.5, 0.6) is 5.75 Å². The summed E-state index contributed by atoms with van der Waals surface area (Å²) in [7, 11) is 9.88. The molecule has 770 valence electrons. The Kier molecular flexibility index (Phi) is 45.2. The number of benzene rings is 4. The second-order valence-corrected chi connectivity index (χ2v) is 37.0. The number of nitrogens with zero attached hydrogens (tertiary/aromatic N) is 7. The molecular formula is C101H147N15O24. The lowest BCUT2D eigenvalue weighted by atomic mass is 9.89. The Labute approximate surface area is 819 Å². The van der Waals surface area contributed by atoms with E-state index in [1.165, 1.54) is 50.4 Å². The molecule has 140 heavy (non-hydrogen) atoms. The maximum absolute atomic E-state index is 15.0. The van der Waals surface area contributed by atoms with Gasteiger partial charge >= 0.3 is 18.2 Å². The zero-order valence-electron chi connectivity index (χ0n) is 83.0. The first-order chi connectivity index (χ1) is 67.0. The number of piperidine rings is 1. The topological polar surface area (TPSA) is 493 Å². The zero-order chi connectivity index (χ0) is 102. The highest BCUT2D eigenvalue weighted by Crippen LogP contribution is 2.33. The number of hydrazine groups is 1. The number of fused-ring (bicyclic) bond motifs is 1. The zero-order valence-corrected chi connectivity index (χ0v) is 83.0. The van der Waals surface area contributed by atoms with E-state index in [-0.39, 0.29) is 107 Å². The number of aryl methyl sites for hydroxylation is 1. The van der Waals surface area contributed by atoms with Crippen LogP contribution in [0, 0.1) is 23.7 Å². The number of methoxy groups -OCH3 is 2. The number of likely N-dealkylation sites (tertiary alicyclic amines) is 2. The number of ether oxygens (including phenoxy) is 8. The molecule has 0 spiro atoms. The summed E-state index contributed by atoms with van der Waals surface area (Å²) in [4.78, 5) is 164. The Morgan fingerprint density at radius 1 is 0.636 bits per heavy atom. The molecule has 39 heteroatoms. The molecule has 9 rings (SSSR count). The minimum absolute atomic E-state index is 0.00998. The molecule has 13 N–H and O–H groups in total. The molecule has 0 saturated carbocycles. The fourth-order valence-electron chi connectivity index (χ4n) is 17.9. The van der Waals surface area contributed by atoms with E-state index in [9.17, 15) is 73.5 Å². The normalized spacial score (nSPS) is 19.1. The molecule has 2 aromatic heterocycles. The number of hydrogen-bond donors (Lipinski definition) is 13. The Balaban J connectivity index is 0.769. The predicted octanol–water partition coefficient (Wildman–Crippen LogP) is 6.11. The van der Waals surface area contributed by atoms with Crippen LogP contribution in [-0.4, -0.2) is 318 Å². The van der Waals surface area contributed by atoms with Gasteiger partial charge in [-0.1, -0.05) is 140 Å². The number of alkyl carbamates (subject to hydrolysis) is 1. The average molecular weight is 1960 g/mol. The number of carboxylic acids is 1. The van der Waals surface area contributed by atoms with Crippen molar-refractivity contribution in [1.82, 2.24) is 71.5 Å². The monoisotopic (exact) mass is 1950 g/mol. The van der Waals surface area contributed by atoms with E-state index in [2.05, 4.69) is 58.3 Å². The third kappa shape index (κ3) is 32.9. The van der Waals surface area contributed by atoms with Crippen LogP contribution in [0.15, 0.2) is 134 Å². The Morgan fingerprint density at radius 3 is 1.94 bits per heavy atom. The van der Waals surface area contributed by atoms with Crippen LogP contribution in [0.1, 0.15) is 160 Å². The van der Waals surface area contributed by atoms with Gasteiger partial charge in [-0.25, -0.2) is 24.4 Å². The molecule has 39 nitrogen and oxygen atoms in total. The van der Waals surface area contributed by atoms with Crippen molar-refractivity contribution in [3.05, 3.63) is 162 Å². The quantitative estimate of drug-likeness (QED) is 0.0151. The standard InChI is InChI=1S/C101H147N15O24/c1-15-64(6)85(79(133-13)58-82(119)116-48-25-32-78(116)90(134-14)65(7)93(124)106-66(8)86(120)70-28-20-17-21-29-70)112(11)97(128)83(62(2)3)110-96(127)84(63(4)5)113(12)101(132)138-61-68-33-37-73(38-34-68)107-94(125)76(31-22-23-45-105-100(131)137-60-69-35-39-75(40-36-69)139-99-89(123)87(121)88(122)91(140-99)98(129)130)109-95(126)77(56-67-26-18-16-19-27-67)108-80(117)44-52-135-54-55-136-53-47-103-72-41-49-114(50-42-72)81(118)43-51-115-74(59-111(10)102-9)57-71-30-24-46-104-92(71)115/h16-21,24,26-30,33-40,46,57,62-66,72,76-79,83-91,99,102-103,120-123H,15,22-23,25,31-32,41-45,47-56,58-61H2,1-14H3,(H,105,131)(H,106,124)(H,107,125)(H,108,117)(H,109,126)(H,110,127)(H,129,130)/t64-,65+,66+,76-,77-,78-,79+,83-,84-,85-,86+,87-,88-,89+,90+,91-,99+/m0/s1. The first-order valence-corrected chi connectivity index (χ1v) is 48.5. The van der Waals surface area contributed by atoms with Crippen molar-refractivity contribution >= 4 is 82.1 Å². The summed E-state index contributed by atoms with van der Waals surface area (Å²) in [5, 5.41) is 74.9. The fraction of sp³-hybridized carbons (Fsp3) is 0.584. The lowest BCUT2D eigenvalue weighted by Gasteiger charge is -2.41. The third-order valence-corrected chi connectivity index (χ3v) is 26.2. The molecule has 3 aliphatic rings. The molecular weight excluding hydrogens is 1810 g/mol. The minimum Gasteiger partial charge on any atom is -0.479 e. The summed E-state index contributed by atoms with van der Waals surface area (Å²) < 4.78 is 47.9. The van der Waals surface area contributed by atoms with Crippen LogP contribution in [0.25, 0.3) is 11.0 Å². The van der Waals surface area contributed by atoms with E-state index in [1.807, 2.05) is 74.2 Å². The SMILES string of the molecule is CC[C@H](C)[C@@H]([C@@H](CC(=O)N1CCC[C@H]1[C@H](OC)[C@@H](C)C(=O)N[C@H](C)[C@@H](O)c1ccccc1)OC)N(C)C(=O)[C@@H](NC(=O)[C@H](C(C)C)N(C)C(=O)OCc1ccc(NC(=O)[C@H](CCCCNC(=O)OCc2ccc(O[C@@H]3O[C@H](C(=O)O)[C@@H](O)[C@H](O)[C@H]3O)cc2)NC(=O)[C@H](Cc2ccccc2)NC(=O)CCOCCOCCNC2CCN(C(=O)CCn3c(CN(C)NC)cc4cccnc43)CC2)cc1)C(C)C. The second kappa shape index (κ2) is 56.3. The van der Waals surface area contributed by atoms with Gasteiger partial charge in [0.25, 0.3) is 0 Å². The van der Waals surface area contributed by atoms with Crippen molar-refractivity contribution < 1.29 is 116 Å². The molecule has 0 bridgehead atoms. The van der Waals surface area contributed by atoms with E-state index in [1.54, 1.807) is 125 Å². The van der Waals surface area contributed by atoms with Crippen LogP contribution in [-0.2, 0) is 109 Å². The molecule has 6 aromatic rings. The van der Waals surface area contributed by atoms with Gasteiger partial charge in [0.15, 0.2) is 6.10 Å². The number of aliphatic carboxylic acids is 1. The van der Waals surface area contributed by atoms with Gasteiger partial charge < -0.3 is 120 Å². The number of carbonyl (C=O) groups excluding carboxylic acids is 10. The number of aliphatic hydroxyl groups excluding tert-OH is 4. The van der Waals surface area contributed by atoms with Crippen LogP contribution < -0.4 is 47.4 Å². The largest absolute Gasteiger partial charge is 0.479 e. The van der Waals surface area contributed by atoms with Crippen LogP contribution >= 0.6 is 0 Å².